The van der Waals surface area contributed by atoms with Crippen LogP contribution in [0.3, 0.4) is 0 Å². The van der Waals surface area contributed by atoms with Crippen molar-refractivity contribution in [3.8, 4) is 11.6 Å². The molecule has 98 valence electrons. The third kappa shape index (κ3) is 3.23. The highest BCUT2D eigenvalue weighted by atomic mass is 35.5. The van der Waals surface area contributed by atoms with Gasteiger partial charge in [-0.2, -0.15) is 4.98 Å². The average Bonchev–Trinajstić information content (AvgIpc) is 2.33. The van der Waals surface area contributed by atoms with Gasteiger partial charge in [-0.1, -0.05) is 23.2 Å². The molecule has 0 N–H and O–H groups in total. The number of nitrogens with zero attached hydrogens (tertiary/aromatic N) is 3. The van der Waals surface area contributed by atoms with Crippen molar-refractivity contribution in [1.82, 2.24) is 9.97 Å². The summed E-state index contributed by atoms with van der Waals surface area (Å²) in [7, 11) is 0. The van der Waals surface area contributed by atoms with E-state index in [1.165, 1.54) is 18.3 Å². The van der Waals surface area contributed by atoms with E-state index >= 15 is 0 Å². The lowest BCUT2D eigenvalue weighted by Crippen LogP contribution is -1.95. The van der Waals surface area contributed by atoms with Gasteiger partial charge in [0.2, 0.25) is 16.9 Å². The second-order valence-electron chi connectivity index (χ2n) is 3.26. The molecule has 9 heteroatoms. The summed E-state index contributed by atoms with van der Waals surface area (Å²) in [6.45, 7) is 0. The van der Waals surface area contributed by atoms with Crippen LogP contribution in [0, 0.1) is 10.1 Å². The third-order valence-electron chi connectivity index (χ3n) is 2.01. The lowest BCUT2D eigenvalue weighted by Gasteiger charge is -2.06. The second kappa shape index (κ2) is 5.56. The number of hydrogen-bond acceptors (Lipinski definition) is 5. The van der Waals surface area contributed by atoms with Gasteiger partial charge in [-0.05, 0) is 11.6 Å². The Morgan fingerprint density at radius 1 is 1.21 bits per heavy atom. The fourth-order valence-electron chi connectivity index (χ4n) is 1.23. The standard InChI is InChI=1S/C10H4Cl3N3O3/c11-5-3-7(16(17)18)8(4-6(5)12)19-9-1-2-14-10(13)15-9/h1-4H. The molecule has 1 aromatic heterocycles. The highest BCUT2D eigenvalue weighted by Crippen LogP contribution is 2.37. The normalized spacial score (nSPS) is 10.3. The minimum absolute atomic E-state index is 0.0415. The molecule has 1 heterocycles. The summed E-state index contributed by atoms with van der Waals surface area (Å²) in [4.78, 5) is 17.7. The highest BCUT2D eigenvalue weighted by molar-refractivity contribution is 6.42. The maximum atomic E-state index is 10.9. The van der Waals surface area contributed by atoms with Crippen LogP contribution in [0.1, 0.15) is 0 Å². The summed E-state index contributed by atoms with van der Waals surface area (Å²) < 4.78 is 5.27. The Hall–Kier alpha value is -1.63. The van der Waals surface area contributed by atoms with Crippen molar-refractivity contribution in [2.75, 3.05) is 0 Å². The Bertz CT molecular complexity index is 651. The molecule has 0 fully saturated rings. The number of benzene rings is 1. The number of aromatic nitrogens is 2. The molecule has 6 nitrogen and oxygen atoms in total. The van der Waals surface area contributed by atoms with Crippen molar-refractivity contribution in [1.29, 1.82) is 0 Å². The van der Waals surface area contributed by atoms with Crippen LogP contribution in [0.2, 0.25) is 15.3 Å². The second-order valence-corrected chi connectivity index (χ2v) is 4.41. The smallest absolute Gasteiger partial charge is 0.313 e. The number of hydrogen-bond donors (Lipinski definition) is 0. The Kier molecular flexibility index (Phi) is 4.04. The average molecular weight is 321 g/mol. The molecular formula is C10H4Cl3N3O3. The lowest BCUT2D eigenvalue weighted by atomic mass is 10.3. The maximum absolute atomic E-state index is 10.9. The topological polar surface area (TPSA) is 78.2 Å². The van der Waals surface area contributed by atoms with Crippen LogP contribution in [0.25, 0.3) is 0 Å². The number of halogens is 3. The van der Waals surface area contributed by atoms with Gasteiger partial charge in [-0.25, -0.2) is 4.98 Å². The summed E-state index contributed by atoms with van der Waals surface area (Å²) in [5.41, 5.74) is -0.330. The molecule has 0 saturated heterocycles. The van der Waals surface area contributed by atoms with Gasteiger partial charge in [0, 0.05) is 24.4 Å². The fraction of sp³-hybridized carbons (Fsp3) is 0. The van der Waals surface area contributed by atoms with Gasteiger partial charge in [0.25, 0.3) is 0 Å². The van der Waals surface area contributed by atoms with Crippen LogP contribution in [-0.4, -0.2) is 14.9 Å². The Morgan fingerprint density at radius 3 is 2.53 bits per heavy atom. The molecule has 0 aliphatic heterocycles. The zero-order valence-corrected chi connectivity index (χ0v) is 11.3. The van der Waals surface area contributed by atoms with E-state index < -0.39 is 4.92 Å². The Balaban J connectivity index is 2.44. The Morgan fingerprint density at radius 2 is 1.89 bits per heavy atom. The van der Waals surface area contributed by atoms with Gasteiger partial charge in [0.15, 0.2) is 0 Å². The molecule has 0 atom stereocenters. The molecule has 0 spiro atoms. The van der Waals surface area contributed by atoms with Crippen LogP contribution in [0.4, 0.5) is 5.69 Å². The van der Waals surface area contributed by atoms with Gasteiger partial charge in [0.1, 0.15) is 0 Å². The highest BCUT2D eigenvalue weighted by Gasteiger charge is 2.19. The SMILES string of the molecule is O=[N+]([O-])c1cc(Cl)c(Cl)cc1Oc1ccnc(Cl)n1. The summed E-state index contributed by atoms with van der Waals surface area (Å²) in [5.74, 6) is -0.0318. The third-order valence-corrected chi connectivity index (χ3v) is 2.92. The molecule has 0 aliphatic rings. The summed E-state index contributed by atoms with van der Waals surface area (Å²) in [6.07, 6.45) is 1.36. The van der Waals surface area contributed by atoms with Crippen LogP contribution in [0.15, 0.2) is 24.4 Å². The zero-order valence-electron chi connectivity index (χ0n) is 9.01. The van der Waals surface area contributed by atoms with Crippen molar-refractivity contribution in [2.45, 2.75) is 0 Å². The van der Waals surface area contributed by atoms with E-state index in [0.29, 0.717) is 0 Å². The van der Waals surface area contributed by atoms with Crippen molar-refractivity contribution < 1.29 is 9.66 Å². The molecule has 2 rings (SSSR count). The minimum atomic E-state index is -0.639. The van der Waals surface area contributed by atoms with Gasteiger partial charge >= 0.3 is 5.69 Å². The van der Waals surface area contributed by atoms with E-state index in [1.807, 2.05) is 0 Å². The van der Waals surface area contributed by atoms with Crippen molar-refractivity contribution in [3.63, 3.8) is 0 Å². The number of rotatable bonds is 3. The number of nitro groups is 1. The monoisotopic (exact) mass is 319 g/mol. The van der Waals surface area contributed by atoms with Crippen LogP contribution < -0.4 is 4.74 Å². The van der Waals surface area contributed by atoms with Gasteiger partial charge in [0.05, 0.1) is 15.0 Å². The molecular weight excluding hydrogens is 316 g/mol. The van der Waals surface area contributed by atoms with Crippen molar-refractivity contribution in [3.05, 3.63) is 49.8 Å². The molecule has 0 saturated carbocycles. The largest absolute Gasteiger partial charge is 0.432 e. The van der Waals surface area contributed by atoms with E-state index in [4.69, 9.17) is 39.5 Å². The lowest BCUT2D eigenvalue weighted by molar-refractivity contribution is -0.385. The Labute approximate surface area is 122 Å². The number of ether oxygens (including phenoxy) is 1. The summed E-state index contributed by atoms with van der Waals surface area (Å²) >= 11 is 17.1. The molecule has 0 radical (unpaired) electrons. The van der Waals surface area contributed by atoms with Crippen LogP contribution >= 0.6 is 34.8 Å². The first-order chi connectivity index (χ1) is 8.97. The van der Waals surface area contributed by atoms with E-state index in [9.17, 15) is 10.1 Å². The van der Waals surface area contributed by atoms with E-state index in [-0.39, 0.29) is 32.6 Å². The molecule has 19 heavy (non-hydrogen) atoms. The van der Waals surface area contributed by atoms with E-state index in [2.05, 4.69) is 9.97 Å². The molecule has 1 aromatic carbocycles. The van der Waals surface area contributed by atoms with Crippen LogP contribution in [0.5, 0.6) is 11.6 Å². The van der Waals surface area contributed by atoms with Crippen molar-refractivity contribution >= 4 is 40.5 Å². The quantitative estimate of drug-likeness (QED) is 0.482. The zero-order chi connectivity index (χ0) is 14.0. The molecule has 0 unspecified atom stereocenters. The van der Waals surface area contributed by atoms with Gasteiger partial charge in [-0.3, -0.25) is 10.1 Å². The van der Waals surface area contributed by atoms with Gasteiger partial charge in [-0.15, -0.1) is 0 Å². The first kappa shape index (κ1) is 13.8. The molecule has 2 aromatic rings. The molecule has 0 bridgehead atoms. The van der Waals surface area contributed by atoms with Gasteiger partial charge < -0.3 is 4.74 Å². The van der Waals surface area contributed by atoms with Crippen LogP contribution in [-0.2, 0) is 0 Å². The summed E-state index contributed by atoms with van der Waals surface area (Å²) in [6, 6.07) is 3.73. The van der Waals surface area contributed by atoms with E-state index in [0.717, 1.165) is 6.07 Å². The molecule has 0 amide bonds. The van der Waals surface area contributed by atoms with Crippen molar-refractivity contribution in [2.24, 2.45) is 0 Å². The summed E-state index contributed by atoms with van der Waals surface area (Å²) in [5, 5.41) is 11.1. The predicted octanol–water partition coefficient (Wildman–Crippen LogP) is 4.14. The number of nitro benzene ring substituents is 1. The first-order valence-corrected chi connectivity index (χ1v) is 5.90. The van der Waals surface area contributed by atoms with E-state index in [1.54, 1.807) is 0 Å². The maximum Gasteiger partial charge on any atom is 0.313 e. The molecule has 0 aliphatic carbocycles. The first-order valence-electron chi connectivity index (χ1n) is 4.77. The minimum Gasteiger partial charge on any atom is -0.432 e. The predicted molar refractivity (Wildman–Crippen MR) is 70.2 cm³/mol. The fourth-order valence-corrected chi connectivity index (χ4v) is 1.68.